The van der Waals surface area contributed by atoms with Gasteiger partial charge in [-0.1, -0.05) is 23.2 Å². The van der Waals surface area contributed by atoms with Gasteiger partial charge >= 0.3 is 0 Å². The Hall–Kier alpha value is -1.82. The molecule has 3 aromatic rings. The van der Waals surface area contributed by atoms with Gasteiger partial charge in [0.25, 0.3) is 0 Å². The highest BCUT2D eigenvalue weighted by Crippen LogP contribution is 2.26. The summed E-state index contributed by atoms with van der Waals surface area (Å²) >= 11 is 12.0. The predicted molar refractivity (Wildman–Crippen MR) is 92.1 cm³/mol. The van der Waals surface area contributed by atoms with Gasteiger partial charge < -0.3 is 0 Å². The molecule has 0 atom stereocenters. The van der Waals surface area contributed by atoms with Crippen molar-refractivity contribution in [1.29, 1.82) is 0 Å². The fourth-order valence-corrected chi connectivity index (χ4v) is 3.14. The average Bonchev–Trinajstić information content (AvgIpc) is 2.89. The van der Waals surface area contributed by atoms with Crippen LogP contribution < -0.4 is 0 Å². The molecule has 0 fully saturated rings. The van der Waals surface area contributed by atoms with Gasteiger partial charge in [0.05, 0.1) is 4.90 Å². The molecule has 0 unspecified atom stereocenters. The van der Waals surface area contributed by atoms with Crippen LogP contribution in [0, 0.1) is 0 Å². The van der Waals surface area contributed by atoms with Gasteiger partial charge in [0.2, 0.25) is 0 Å². The molecule has 4 nitrogen and oxygen atoms in total. The van der Waals surface area contributed by atoms with Gasteiger partial charge in [-0.05, 0) is 48.5 Å². The molecule has 0 N–H and O–H groups in total. The van der Waals surface area contributed by atoms with Crippen molar-refractivity contribution in [3.8, 4) is 17.1 Å². The summed E-state index contributed by atoms with van der Waals surface area (Å²) < 4.78 is 24.9. The molecule has 0 spiro atoms. The monoisotopic (exact) mass is 366 g/mol. The van der Waals surface area contributed by atoms with E-state index in [1.807, 2.05) is 16.7 Å². The molecular formula is C16H12Cl2N2O2S. The Morgan fingerprint density at radius 1 is 0.957 bits per heavy atom. The molecule has 0 radical (unpaired) electrons. The molecule has 0 aliphatic rings. The smallest absolute Gasteiger partial charge is 0.175 e. The van der Waals surface area contributed by atoms with Crippen LogP contribution >= 0.6 is 23.2 Å². The number of hydrogen-bond donors (Lipinski definition) is 0. The topological polar surface area (TPSA) is 52.0 Å². The highest BCUT2D eigenvalue weighted by Gasteiger charge is 2.13. The van der Waals surface area contributed by atoms with E-state index >= 15 is 0 Å². The van der Waals surface area contributed by atoms with Crippen LogP contribution in [0.5, 0.6) is 0 Å². The van der Waals surface area contributed by atoms with Crippen LogP contribution in [0.4, 0.5) is 0 Å². The first kappa shape index (κ1) is 16.1. The number of benzene rings is 2. The molecular weight excluding hydrogens is 355 g/mol. The zero-order valence-corrected chi connectivity index (χ0v) is 14.4. The molecule has 1 aromatic heterocycles. The summed E-state index contributed by atoms with van der Waals surface area (Å²) in [6.07, 6.45) is 2.87. The summed E-state index contributed by atoms with van der Waals surface area (Å²) in [5, 5.41) is 0.987. The van der Waals surface area contributed by atoms with Crippen molar-refractivity contribution in [2.45, 2.75) is 4.90 Å². The zero-order valence-electron chi connectivity index (χ0n) is 12.1. The van der Waals surface area contributed by atoms with Crippen LogP contribution in [-0.4, -0.2) is 24.2 Å². The number of hydrogen-bond acceptors (Lipinski definition) is 3. The minimum Gasteiger partial charge on any atom is -0.298 e. The van der Waals surface area contributed by atoms with E-state index in [0.717, 1.165) is 11.3 Å². The quantitative estimate of drug-likeness (QED) is 0.696. The molecule has 0 aliphatic carbocycles. The van der Waals surface area contributed by atoms with E-state index in [1.165, 1.54) is 6.26 Å². The van der Waals surface area contributed by atoms with E-state index < -0.39 is 9.84 Å². The highest BCUT2D eigenvalue weighted by atomic mass is 35.5. The van der Waals surface area contributed by atoms with Gasteiger partial charge in [-0.3, -0.25) is 4.57 Å². The van der Waals surface area contributed by atoms with Crippen molar-refractivity contribution < 1.29 is 8.42 Å². The maximum Gasteiger partial charge on any atom is 0.175 e. The molecule has 0 amide bonds. The number of halogens is 2. The lowest BCUT2D eigenvalue weighted by Crippen LogP contribution is -1.98. The first-order valence-electron chi connectivity index (χ1n) is 6.66. The van der Waals surface area contributed by atoms with Crippen molar-refractivity contribution in [3.63, 3.8) is 0 Å². The molecule has 3 rings (SSSR count). The van der Waals surface area contributed by atoms with Crippen molar-refractivity contribution >= 4 is 33.0 Å². The summed E-state index contributed by atoms with van der Waals surface area (Å²) in [6, 6.07) is 13.8. The lowest BCUT2D eigenvalue weighted by molar-refractivity contribution is 0.602. The van der Waals surface area contributed by atoms with E-state index in [0.29, 0.717) is 16.0 Å². The fraction of sp³-hybridized carbons (Fsp3) is 0.0625. The van der Waals surface area contributed by atoms with Gasteiger partial charge in [-0.25, -0.2) is 13.4 Å². The Morgan fingerprint density at radius 2 is 1.57 bits per heavy atom. The molecule has 0 saturated carbocycles. The van der Waals surface area contributed by atoms with Crippen molar-refractivity contribution in [2.75, 3.05) is 6.26 Å². The first-order chi connectivity index (χ1) is 10.8. The number of aromatic nitrogens is 2. The normalized spacial score (nSPS) is 11.6. The van der Waals surface area contributed by atoms with Crippen molar-refractivity contribution in [1.82, 2.24) is 9.55 Å². The minimum atomic E-state index is -3.23. The molecule has 2 aromatic carbocycles. The van der Waals surface area contributed by atoms with Crippen LogP contribution in [0.15, 0.2) is 59.6 Å². The Balaban J connectivity index is 2.09. The number of imidazole rings is 1. The van der Waals surface area contributed by atoms with Crippen LogP contribution in [0.25, 0.3) is 17.1 Å². The Morgan fingerprint density at radius 3 is 2.13 bits per heavy atom. The van der Waals surface area contributed by atoms with Gasteiger partial charge in [0.1, 0.15) is 11.0 Å². The highest BCUT2D eigenvalue weighted by molar-refractivity contribution is 7.90. The summed E-state index contributed by atoms with van der Waals surface area (Å²) in [7, 11) is -3.23. The fourth-order valence-electron chi connectivity index (χ4n) is 2.20. The van der Waals surface area contributed by atoms with Gasteiger partial charge in [0.15, 0.2) is 9.84 Å². The summed E-state index contributed by atoms with van der Waals surface area (Å²) in [4.78, 5) is 4.58. The Kier molecular flexibility index (Phi) is 4.19. The van der Waals surface area contributed by atoms with Crippen LogP contribution in [0.2, 0.25) is 10.2 Å². The van der Waals surface area contributed by atoms with Crippen molar-refractivity contribution in [2.24, 2.45) is 0 Å². The maximum absolute atomic E-state index is 11.6. The van der Waals surface area contributed by atoms with Crippen LogP contribution in [0.1, 0.15) is 0 Å². The van der Waals surface area contributed by atoms with E-state index in [9.17, 15) is 8.42 Å². The number of rotatable bonds is 3. The van der Waals surface area contributed by atoms with E-state index in [1.54, 1.807) is 42.6 Å². The van der Waals surface area contributed by atoms with Crippen molar-refractivity contribution in [3.05, 3.63) is 64.9 Å². The molecule has 7 heteroatoms. The molecule has 1 heterocycles. The third-order valence-electron chi connectivity index (χ3n) is 3.32. The number of nitrogens with zero attached hydrogens (tertiary/aromatic N) is 2. The van der Waals surface area contributed by atoms with E-state index in [4.69, 9.17) is 23.2 Å². The van der Waals surface area contributed by atoms with Gasteiger partial charge in [0, 0.05) is 28.7 Å². The van der Waals surface area contributed by atoms with Crippen LogP contribution in [0.3, 0.4) is 0 Å². The lowest BCUT2D eigenvalue weighted by Gasteiger charge is -2.08. The average molecular weight is 367 g/mol. The SMILES string of the molecule is CS(=O)(=O)c1ccc(-c2nc(Cl)cn2-c2ccc(Cl)cc2)cc1. The summed E-state index contributed by atoms with van der Waals surface area (Å²) in [5.41, 5.74) is 1.62. The molecule has 0 bridgehead atoms. The maximum atomic E-state index is 11.6. The second-order valence-corrected chi connectivity index (χ2v) is 7.87. The zero-order chi connectivity index (χ0) is 16.6. The number of sulfone groups is 1. The largest absolute Gasteiger partial charge is 0.298 e. The molecule has 118 valence electrons. The van der Waals surface area contributed by atoms with E-state index in [-0.39, 0.29) is 4.90 Å². The Bertz CT molecular complexity index is 947. The summed E-state index contributed by atoms with van der Waals surface area (Å²) in [5.74, 6) is 0.623. The van der Waals surface area contributed by atoms with E-state index in [2.05, 4.69) is 4.98 Å². The minimum absolute atomic E-state index is 0.261. The van der Waals surface area contributed by atoms with Gasteiger partial charge in [-0.2, -0.15) is 0 Å². The van der Waals surface area contributed by atoms with Gasteiger partial charge in [-0.15, -0.1) is 0 Å². The van der Waals surface area contributed by atoms with Crippen LogP contribution in [-0.2, 0) is 9.84 Å². The first-order valence-corrected chi connectivity index (χ1v) is 9.31. The third-order valence-corrected chi connectivity index (χ3v) is 4.88. The second kappa shape index (κ2) is 6.00. The summed E-state index contributed by atoms with van der Waals surface area (Å²) in [6.45, 7) is 0. The standard InChI is InChI=1S/C16H12Cl2N2O2S/c1-23(21,22)14-8-2-11(3-9-14)16-19-15(18)10-20(16)13-6-4-12(17)5-7-13/h2-10H,1H3. The lowest BCUT2D eigenvalue weighted by atomic mass is 10.2. The molecule has 23 heavy (non-hydrogen) atoms. The second-order valence-electron chi connectivity index (χ2n) is 5.03. The molecule has 0 saturated heterocycles. The predicted octanol–water partition coefficient (Wildman–Crippen LogP) is 4.25. The molecule has 0 aliphatic heterocycles. The third kappa shape index (κ3) is 3.42. The Labute approximate surface area is 144 Å².